The number of fused-ring (bicyclic) bond motifs is 1. The first kappa shape index (κ1) is 19.0. The molecule has 2 aromatic heterocycles. The van der Waals surface area contributed by atoms with Gasteiger partial charge in [-0.05, 0) is 35.9 Å². The Morgan fingerprint density at radius 2 is 1.83 bits per heavy atom. The number of ether oxygens (including phenoxy) is 2. The summed E-state index contributed by atoms with van der Waals surface area (Å²) in [5, 5.41) is 8.57. The average molecular weight is 407 g/mol. The Labute approximate surface area is 172 Å². The molecule has 1 amide bonds. The molecule has 0 spiro atoms. The number of methoxy groups -OCH3 is 2. The number of amides is 1. The summed E-state index contributed by atoms with van der Waals surface area (Å²) < 4.78 is 12.3. The van der Waals surface area contributed by atoms with Crippen LogP contribution in [0.5, 0.6) is 11.5 Å². The van der Waals surface area contributed by atoms with Gasteiger partial charge in [-0.1, -0.05) is 24.3 Å². The second-order valence-corrected chi connectivity index (χ2v) is 7.60. The van der Waals surface area contributed by atoms with Crippen LogP contribution in [0.2, 0.25) is 0 Å². The normalized spacial score (nSPS) is 10.9. The minimum absolute atomic E-state index is 0.0985. The van der Waals surface area contributed by atoms with Crippen LogP contribution in [0.15, 0.2) is 54.6 Å². The predicted octanol–water partition coefficient (Wildman–Crippen LogP) is 4.25. The molecule has 29 heavy (non-hydrogen) atoms. The SMILES string of the molecule is COc1ccc(CNC(=O)c2cc3c(-c4cccc(OC)c4)nn(C)c3s2)cc1. The topological polar surface area (TPSA) is 65.4 Å². The highest BCUT2D eigenvalue weighted by molar-refractivity contribution is 7.20. The number of carbonyl (C=O) groups is 1. The van der Waals surface area contributed by atoms with Crippen molar-refractivity contribution in [3.8, 4) is 22.8 Å². The molecule has 4 rings (SSSR count). The van der Waals surface area contributed by atoms with Crippen molar-refractivity contribution in [3.05, 3.63) is 65.0 Å². The molecule has 7 heteroatoms. The van der Waals surface area contributed by atoms with Crippen molar-refractivity contribution in [2.24, 2.45) is 7.05 Å². The van der Waals surface area contributed by atoms with Crippen LogP contribution in [-0.4, -0.2) is 29.9 Å². The fourth-order valence-corrected chi connectivity index (χ4v) is 4.14. The van der Waals surface area contributed by atoms with E-state index in [9.17, 15) is 4.79 Å². The molecule has 0 aliphatic rings. The molecule has 0 atom stereocenters. The number of thiophene rings is 1. The van der Waals surface area contributed by atoms with Gasteiger partial charge < -0.3 is 14.8 Å². The molecule has 2 aromatic carbocycles. The van der Waals surface area contributed by atoms with E-state index in [0.717, 1.165) is 38.5 Å². The lowest BCUT2D eigenvalue weighted by molar-refractivity contribution is 0.0955. The molecule has 0 fully saturated rings. The summed E-state index contributed by atoms with van der Waals surface area (Å²) in [5.74, 6) is 1.47. The van der Waals surface area contributed by atoms with E-state index in [0.29, 0.717) is 11.4 Å². The maximum atomic E-state index is 12.7. The zero-order chi connectivity index (χ0) is 20.4. The van der Waals surface area contributed by atoms with E-state index in [2.05, 4.69) is 10.4 Å². The van der Waals surface area contributed by atoms with Crippen LogP contribution < -0.4 is 14.8 Å². The molecule has 148 valence electrons. The fourth-order valence-electron chi connectivity index (χ4n) is 3.15. The Bertz CT molecular complexity index is 1160. The Hall–Kier alpha value is -3.32. The van der Waals surface area contributed by atoms with E-state index in [1.54, 1.807) is 14.2 Å². The summed E-state index contributed by atoms with van der Waals surface area (Å²) in [7, 11) is 5.16. The van der Waals surface area contributed by atoms with Crippen molar-refractivity contribution in [1.29, 1.82) is 0 Å². The molecule has 0 unspecified atom stereocenters. The van der Waals surface area contributed by atoms with Crippen LogP contribution in [0.1, 0.15) is 15.2 Å². The summed E-state index contributed by atoms with van der Waals surface area (Å²) in [6.07, 6.45) is 0. The Morgan fingerprint density at radius 1 is 1.07 bits per heavy atom. The Balaban J connectivity index is 1.57. The lowest BCUT2D eigenvalue weighted by Gasteiger charge is -2.05. The zero-order valence-electron chi connectivity index (χ0n) is 16.4. The molecule has 4 aromatic rings. The van der Waals surface area contributed by atoms with Gasteiger partial charge in [0.2, 0.25) is 0 Å². The van der Waals surface area contributed by atoms with Crippen LogP contribution in [0, 0.1) is 0 Å². The summed E-state index contributed by atoms with van der Waals surface area (Å²) >= 11 is 1.44. The van der Waals surface area contributed by atoms with Gasteiger partial charge in [-0.25, -0.2) is 0 Å². The molecule has 6 nitrogen and oxygen atoms in total. The lowest BCUT2D eigenvalue weighted by atomic mass is 10.1. The first-order valence-electron chi connectivity index (χ1n) is 9.11. The first-order valence-corrected chi connectivity index (χ1v) is 9.93. The van der Waals surface area contributed by atoms with Gasteiger partial charge in [0.05, 0.1) is 19.1 Å². The number of hydrogen-bond acceptors (Lipinski definition) is 5. The van der Waals surface area contributed by atoms with Crippen LogP contribution in [0.3, 0.4) is 0 Å². The minimum atomic E-state index is -0.0985. The maximum absolute atomic E-state index is 12.7. The van der Waals surface area contributed by atoms with Crippen LogP contribution in [-0.2, 0) is 13.6 Å². The number of carbonyl (C=O) groups excluding carboxylic acids is 1. The van der Waals surface area contributed by atoms with E-state index in [1.807, 2.05) is 66.3 Å². The van der Waals surface area contributed by atoms with Gasteiger partial charge in [-0.2, -0.15) is 5.10 Å². The van der Waals surface area contributed by atoms with Crippen molar-refractivity contribution < 1.29 is 14.3 Å². The Morgan fingerprint density at radius 3 is 2.55 bits per heavy atom. The van der Waals surface area contributed by atoms with Crippen molar-refractivity contribution in [2.75, 3.05) is 14.2 Å². The molecule has 2 heterocycles. The number of aromatic nitrogens is 2. The van der Waals surface area contributed by atoms with Gasteiger partial charge in [0.1, 0.15) is 22.0 Å². The summed E-state index contributed by atoms with van der Waals surface area (Å²) in [6.45, 7) is 0.456. The third-order valence-electron chi connectivity index (χ3n) is 4.69. The third-order valence-corrected chi connectivity index (χ3v) is 5.89. The molecule has 0 aliphatic carbocycles. The van der Waals surface area contributed by atoms with Gasteiger partial charge in [0, 0.05) is 24.5 Å². The quantitative estimate of drug-likeness (QED) is 0.519. The molecule has 0 radical (unpaired) electrons. The first-order chi connectivity index (χ1) is 14.1. The second kappa shape index (κ2) is 7.97. The zero-order valence-corrected chi connectivity index (χ0v) is 17.2. The molecule has 1 N–H and O–H groups in total. The summed E-state index contributed by atoms with van der Waals surface area (Å²) in [4.78, 5) is 14.3. The average Bonchev–Trinajstić information content (AvgIpc) is 3.33. The van der Waals surface area contributed by atoms with E-state index in [-0.39, 0.29) is 5.91 Å². The molecular weight excluding hydrogens is 386 g/mol. The number of benzene rings is 2. The molecule has 0 aliphatic heterocycles. The van der Waals surface area contributed by atoms with Crippen molar-refractivity contribution >= 4 is 27.5 Å². The van der Waals surface area contributed by atoms with Crippen molar-refractivity contribution in [1.82, 2.24) is 15.1 Å². The monoisotopic (exact) mass is 407 g/mol. The van der Waals surface area contributed by atoms with Crippen LogP contribution in [0.4, 0.5) is 0 Å². The van der Waals surface area contributed by atoms with E-state index < -0.39 is 0 Å². The highest BCUT2D eigenvalue weighted by atomic mass is 32.1. The van der Waals surface area contributed by atoms with E-state index in [4.69, 9.17) is 9.47 Å². The number of aryl methyl sites for hydroxylation is 1. The molecule has 0 bridgehead atoms. The number of hydrogen-bond donors (Lipinski definition) is 1. The predicted molar refractivity (Wildman–Crippen MR) is 115 cm³/mol. The van der Waals surface area contributed by atoms with Crippen LogP contribution >= 0.6 is 11.3 Å². The largest absolute Gasteiger partial charge is 0.497 e. The van der Waals surface area contributed by atoms with E-state index in [1.165, 1.54) is 11.3 Å². The lowest BCUT2D eigenvalue weighted by Crippen LogP contribution is -2.21. The number of nitrogens with zero attached hydrogens (tertiary/aromatic N) is 2. The second-order valence-electron chi connectivity index (χ2n) is 6.56. The van der Waals surface area contributed by atoms with Gasteiger partial charge in [-0.3, -0.25) is 9.48 Å². The van der Waals surface area contributed by atoms with E-state index >= 15 is 0 Å². The van der Waals surface area contributed by atoms with Crippen molar-refractivity contribution in [3.63, 3.8) is 0 Å². The standard InChI is InChI=1S/C22H21N3O3S/c1-25-22-18(20(24-25)15-5-4-6-17(11-15)28-3)12-19(29-22)21(26)23-13-14-7-9-16(27-2)10-8-14/h4-12H,13H2,1-3H3,(H,23,26). The molecule has 0 saturated carbocycles. The smallest absolute Gasteiger partial charge is 0.261 e. The van der Waals surface area contributed by atoms with Gasteiger partial charge in [-0.15, -0.1) is 11.3 Å². The summed E-state index contributed by atoms with van der Waals surface area (Å²) in [5.41, 5.74) is 2.81. The number of rotatable bonds is 6. The van der Waals surface area contributed by atoms with Gasteiger partial charge in [0.25, 0.3) is 5.91 Å². The molecular formula is C22H21N3O3S. The number of nitrogens with one attached hydrogen (secondary N) is 1. The highest BCUT2D eigenvalue weighted by Crippen LogP contribution is 2.34. The van der Waals surface area contributed by atoms with Gasteiger partial charge >= 0.3 is 0 Å². The minimum Gasteiger partial charge on any atom is -0.497 e. The Kier molecular flexibility index (Phi) is 5.22. The van der Waals surface area contributed by atoms with Crippen molar-refractivity contribution in [2.45, 2.75) is 6.54 Å². The van der Waals surface area contributed by atoms with Gasteiger partial charge in [0.15, 0.2) is 0 Å². The third kappa shape index (κ3) is 3.82. The molecule has 0 saturated heterocycles. The highest BCUT2D eigenvalue weighted by Gasteiger charge is 2.18. The summed E-state index contributed by atoms with van der Waals surface area (Å²) in [6, 6.07) is 17.3. The maximum Gasteiger partial charge on any atom is 0.261 e. The fraction of sp³-hybridized carbons (Fsp3) is 0.182. The van der Waals surface area contributed by atoms with Crippen LogP contribution in [0.25, 0.3) is 21.5 Å².